The Balaban J connectivity index is 2.02. The average molecular weight is 225 g/mol. The van der Waals surface area contributed by atoms with Crippen LogP contribution in [0.2, 0.25) is 0 Å². The Morgan fingerprint density at radius 3 is 2.76 bits per heavy atom. The van der Waals surface area contributed by atoms with Gasteiger partial charge < -0.3 is 5.73 Å². The van der Waals surface area contributed by atoms with Gasteiger partial charge in [0.15, 0.2) is 5.82 Å². The SMILES string of the molecule is Cc1ccc(-c2ncc3c(n2)CCC3N)cc1. The highest BCUT2D eigenvalue weighted by Crippen LogP contribution is 2.28. The van der Waals surface area contributed by atoms with Crippen molar-refractivity contribution < 1.29 is 0 Å². The van der Waals surface area contributed by atoms with Gasteiger partial charge in [0.2, 0.25) is 0 Å². The van der Waals surface area contributed by atoms with Crippen molar-refractivity contribution in [1.29, 1.82) is 0 Å². The van der Waals surface area contributed by atoms with E-state index < -0.39 is 0 Å². The predicted molar refractivity (Wildman–Crippen MR) is 67.5 cm³/mol. The van der Waals surface area contributed by atoms with Crippen LogP contribution in [0.25, 0.3) is 11.4 Å². The molecule has 3 heteroatoms. The van der Waals surface area contributed by atoms with Crippen molar-refractivity contribution in [3.05, 3.63) is 47.3 Å². The minimum absolute atomic E-state index is 0.122. The van der Waals surface area contributed by atoms with Gasteiger partial charge in [0.05, 0.1) is 0 Å². The van der Waals surface area contributed by atoms with Crippen LogP contribution in [0.4, 0.5) is 0 Å². The molecule has 1 aromatic heterocycles. The normalized spacial score (nSPS) is 18.1. The van der Waals surface area contributed by atoms with Crippen molar-refractivity contribution in [2.45, 2.75) is 25.8 Å². The van der Waals surface area contributed by atoms with Crippen LogP contribution in [-0.4, -0.2) is 9.97 Å². The summed E-state index contributed by atoms with van der Waals surface area (Å²) in [5.41, 5.74) is 10.5. The Labute approximate surface area is 101 Å². The van der Waals surface area contributed by atoms with E-state index in [0.717, 1.165) is 35.5 Å². The zero-order valence-corrected chi connectivity index (χ0v) is 9.85. The highest BCUT2D eigenvalue weighted by atomic mass is 14.9. The number of rotatable bonds is 1. The lowest BCUT2D eigenvalue weighted by molar-refractivity contribution is 0.711. The van der Waals surface area contributed by atoms with Gasteiger partial charge in [0, 0.05) is 29.1 Å². The van der Waals surface area contributed by atoms with Crippen LogP contribution in [0.5, 0.6) is 0 Å². The lowest BCUT2D eigenvalue weighted by Crippen LogP contribution is -2.06. The summed E-state index contributed by atoms with van der Waals surface area (Å²) >= 11 is 0. The number of aromatic nitrogens is 2. The van der Waals surface area contributed by atoms with Gasteiger partial charge in [-0.2, -0.15) is 0 Å². The molecule has 0 spiro atoms. The fourth-order valence-electron chi connectivity index (χ4n) is 2.23. The molecule has 1 heterocycles. The number of nitrogens with zero attached hydrogens (tertiary/aromatic N) is 2. The average Bonchev–Trinajstić information content (AvgIpc) is 2.72. The summed E-state index contributed by atoms with van der Waals surface area (Å²) < 4.78 is 0. The first-order valence-electron chi connectivity index (χ1n) is 5.92. The second-order valence-electron chi connectivity index (χ2n) is 4.61. The molecule has 86 valence electrons. The van der Waals surface area contributed by atoms with Gasteiger partial charge in [-0.05, 0) is 19.8 Å². The highest BCUT2D eigenvalue weighted by Gasteiger charge is 2.21. The molecule has 0 fully saturated rings. The molecule has 0 bridgehead atoms. The minimum Gasteiger partial charge on any atom is -0.324 e. The molecule has 17 heavy (non-hydrogen) atoms. The largest absolute Gasteiger partial charge is 0.324 e. The summed E-state index contributed by atoms with van der Waals surface area (Å²) in [7, 11) is 0. The number of benzene rings is 1. The van der Waals surface area contributed by atoms with Crippen molar-refractivity contribution in [3.63, 3.8) is 0 Å². The van der Waals surface area contributed by atoms with Crippen LogP contribution >= 0.6 is 0 Å². The first-order valence-corrected chi connectivity index (χ1v) is 5.92. The standard InChI is InChI=1S/C14H15N3/c1-9-2-4-10(5-3-9)14-16-8-11-12(15)6-7-13(11)17-14/h2-5,8,12H,6-7,15H2,1H3. The Hall–Kier alpha value is -1.74. The second kappa shape index (κ2) is 3.93. The Bertz CT molecular complexity index is 546. The lowest BCUT2D eigenvalue weighted by Gasteiger charge is -2.05. The molecule has 0 saturated heterocycles. The maximum atomic E-state index is 5.97. The van der Waals surface area contributed by atoms with Crippen LogP contribution in [0.15, 0.2) is 30.5 Å². The topological polar surface area (TPSA) is 51.8 Å². The van der Waals surface area contributed by atoms with Gasteiger partial charge in [0.1, 0.15) is 0 Å². The minimum atomic E-state index is 0.122. The first kappa shape index (κ1) is 10.4. The number of hydrogen-bond donors (Lipinski definition) is 1. The van der Waals surface area contributed by atoms with Crippen LogP contribution in [0.1, 0.15) is 29.3 Å². The van der Waals surface area contributed by atoms with E-state index in [9.17, 15) is 0 Å². The van der Waals surface area contributed by atoms with Crippen LogP contribution < -0.4 is 5.73 Å². The predicted octanol–water partition coefficient (Wildman–Crippen LogP) is 2.40. The van der Waals surface area contributed by atoms with Gasteiger partial charge in [-0.1, -0.05) is 29.8 Å². The maximum Gasteiger partial charge on any atom is 0.159 e. The van der Waals surface area contributed by atoms with Gasteiger partial charge in [0.25, 0.3) is 0 Å². The summed E-state index contributed by atoms with van der Waals surface area (Å²) in [6.45, 7) is 2.08. The fourth-order valence-corrected chi connectivity index (χ4v) is 2.23. The number of hydrogen-bond acceptors (Lipinski definition) is 3. The van der Waals surface area contributed by atoms with Gasteiger partial charge in [-0.15, -0.1) is 0 Å². The molecule has 0 aliphatic heterocycles. The summed E-state index contributed by atoms with van der Waals surface area (Å²) in [6.07, 6.45) is 3.84. The number of fused-ring (bicyclic) bond motifs is 1. The summed E-state index contributed by atoms with van der Waals surface area (Å²) in [5, 5.41) is 0. The first-order chi connectivity index (χ1) is 8.24. The zero-order valence-electron chi connectivity index (χ0n) is 9.85. The van der Waals surface area contributed by atoms with Crippen LogP contribution in [0, 0.1) is 6.92 Å². The molecule has 0 amide bonds. The molecule has 2 N–H and O–H groups in total. The van der Waals surface area contributed by atoms with Gasteiger partial charge in [-0.3, -0.25) is 0 Å². The van der Waals surface area contributed by atoms with E-state index in [0.29, 0.717) is 0 Å². The van der Waals surface area contributed by atoms with Crippen molar-refractivity contribution in [1.82, 2.24) is 9.97 Å². The Morgan fingerprint density at radius 2 is 2.00 bits per heavy atom. The van der Waals surface area contributed by atoms with Gasteiger partial charge in [-0.25, -0.2) is 9.97 Å². The molecule has 1 aliphatic rings. The molecule has 0 radical (unpaired) electrons. The van der Waals surface area contributed by atoms with Crippen molar-refractivity contribution in [2.24, 2.45) is 5.73 Å². The molecular formula is C14H15N3. The van der Waals surface area contributed by atoms with Crippen molar-refractivity contribution >= 4 is 0 Å². The van der Waals surface area contributed by atoms with Crippen LogP contribution in [-0.2, 0) is 6.42 Å². The fraction of sp³-hybridized carbons (Fsp3) is 0.286. The lowest BCUT2D eigenvalue weighted by atomic mass is 10.1. The third-order valence-electron chi connectivity index (χ3n) is 3.30. The van der Waals surface area contributed by atoms with E-state index in [4.69, 9.17) is 5.73 Å². The third-order valence-corrected chi connectivity index (χ3v) is 3.30. The van der Waals surface area contributed by atoms with E-state index in [-0.39, 0.29) is 6.04 Å². The molecule has 1 aromatic carbocycles. The van der Waals surface area contributed by atoms with E-state index in [1.807, 2.05) is 6.20 Å². The Kier molecular flexibility index (Phi) is 2.41. The summed E-state index contributed by atoms with van der Waals surface area (Å²) in [5.74, 6) is 0.804. The molecule has 3 nitrogen and oxygen atoms in total. The number of aryl methyl sites for hydroxylation is 2. The van der Waals surface area contributed by atoms with E-state index in [2.05, 4.69) is 41.2 Å². The molecule has 1 atom stereocenters. The summed E-state index contributed by atoms with van der Waals surface area (Å²) in [4.78, 5) is 9.02. The zero-order chi connectivity index (χ0) is 11.8. The summed E-state index contributed by atoms with van der Waals surface area (Å²) in [6, 6.07) is 8.41. The van der Waals surface area contributed by atoms with E-state index in [1.54, 1.807) is 0 Å². The molecule has 2 aromatic rings. The Morgan fingerprint density at radius 1 is 1.24 bits per heavy atom. The molecular weight excluding hydrogens is 210 g/mol. The van der Waals surface area contributed by atoms with Gasteiger partial charge >= 0.3 is 0 Å². The number of nitrogens with two attached hydrogens (primary N) is 1. The smallest absolute Gasteiger partial charge is 0.159 e. The van der Waals surface area contributed by atoms with E-state index in [1.165, 1.54) is 5.56 Å². The monoisotopic (exact) mass is 225 g/mol. The molecule has 1 unspecified atom stereocenters. The molecule has 3 rings (SSSR count). The van der Waals surface area contributed by atoms with Crippen LogP contribution in [0.3, 0.4) is 0 Å². The third kappa shape index (κ3) is 1.83. The second-order valence-corrected chi connectivity index (χ2v) is 4.61. The van der Waals surface area contributed by atoms with Crippen molar-refractivity contribution in [3.8, 4) is 11.4 Å². The van der Waals surface area contributed by atoms with E-state index >= 15 is 0 Å². The molecule has 0 saturated carbocycles. The maximum absolute atomic E-state index is 5.97. The molecule has 1 aliphatic carbocycles. The van der Waals surface area contributed by atoms with Crippen molar-refractivity contribution in [2.75, 3.05) is 0 Å². The highest BCUT2D eigenvalue weighted by molar-refractivity contribution is 5.55. The quantitative estimate of drug-likeness (QED) is 0.810.